The average Bonchev–Trinajstić information content (AvgIpc) is 2.97. The maximum absolute atomic E-state index is 10.2. The molecule has 3 rings (SSSR count). The van der Waals surface area contributed by atoms with Gasteiger partial charge in [-0.1, -0.05) is 18.2 Å². The first-order valence-corrected chi connectivity index (χ1v) is 6.00. The molecule has 0 spiro atoms. The Balaban J connectivity index is 1.76. The fourth-order valence-electron chi connectivity index (χ4n) is 2.36. The van der Waals surface area contributed by atoms with Gasteiger partial charge in [0.25, 0.3) is 0 Å². The summed E-state index contributed by atoms with van der Waals surface area (Å²) in [6.45, 7) is 1.93. The van der Waals surface area contributed by atoms with Crippen LogP contribution in [0.4, 0.5) is 0 Å². The molecular weight excluding hydrogens is 220 g/mol. The second kappa shape index (κ2) is 4.64. The van der Waals surface area contributed by atoms with Crippen molar-refractivity contribution in [3.8, 4) is 5.75 Å². The number of hydrogen-bond acceptors (Lipinski definition) is 4. The Labute approximate surface area is 100 Å². The van der Waals surface area contributed by atoms with Gasteiger partial charge in [-0.25, -0.2) is 0 Å². The Morgan fingerprint density at radius 1 is 1.24 bits per heavy atom. The molecule has 1 atom stereocenters. The summed E-state index contributed by atoms with van der Waals surface area (Å²) in [4.78, 5) is 0. The molecule has 0 radical (unpaired) electrons. The zero-order valence-electron chi connectivity index (χ0n) is 9.59. The van der Waals surface area contributed by atoms with Crippen molar-refractivity contribution >= 4 is 0 Å². The number of benzene rings is 1. The lowest BCUT2D eigenvalue weighted by molar-refractivity contribution is -0.0710. The highest BCUT2D eigenvalue weighted by atomic mass is 16.7. The van der Waals surface area contributed by atoms with Gasteiger partial charge in [0, 0.05) is 18.4 Å². The zero-order chi connectivity index (χ0) is 11.7. The van der Waals surface area contributed by atoms with Crippen molar-refractivity contribution in [3.63, 3.8) is 0 Å². The molecule has 1 aromatic carbocycles. The Morgan fingerprint density at radius 2 is 2.06 bits per heavy atom. The summed E-state index contributed by atoms with van der Waals surface area (Å²) >= 11 is 0. The molecule has 0 saturated carbocycles. The third-order valence-corrected chi connectivity index (χ3v) is 3.21. The molecule has 92 valence electrons. The summed E-state index contributed by atoms with van der Waals surface area (Å²) in [6, 6.07) is 5.91. The number of rotatable bonds is 3. The van der Waals surface area contributed by atoms with Crippen molar-refractivity contribution in [1.29, 1.82) is 0 Å². The van der Waals surface area contributed by atoms with Crippen molar-refractivity contribution in [2.24, 2.45) is 0 Å². The lowest BCUT2D eigenvalue weighted by Crippen LogP contribution is -2.13. The van der Waals surface area contributed by atoms with E-state index < -0.39 is 6.10 Å². The summed E-state index contributed by atoms with van der Waals surface area (Å²) in [6.07, 6.45) is 0.500. The number of aliphatic hydroxyl groups excluding tert-OH is 1. The van der Waals surface area contributed by atoms with Gasteiger partial charge in [0.15, 0.2) is 6.29 Å². The van der Waals surface area contributed by atoms with E-state index in [-0.39, 0.29) is 6.29 Å². The van der Waals surface area contributed by atoms with E-state index in [2.05, 4.69) is 0 Å². The first-order chi connectivity index (χ1) is 8.34. The minimum absolute atomic E-state index is 0.290. The summed E-state index contributed by atoms with van der Waals surface area (Å²) in [5.74, 6) is 0.845. The van der Waals surface area contributed by atoms with Crippen molar-refractivity contribution in [2.75, 3.05) is 19.8 Å². The Hall–Kier alpha value is -1.10. The topological polar surface area (TPSA) is 47.9 Å². The van der Waals surface area contributed by atoms with Crippen LogP contribution >= 0.6 is 0 Å². The highest BCUT2D eigenvalue weighted by molar-refractivity contribution is 5.45. The van der Waals surface area contributed by atoms with Crippen molar-refractivity contribution in [1.82, 2.24) is 0 Å². The molecule has 2 aliphatic rings. The Kier molecular flexibility index (Phi) is 3.01. The molecule has 1 saturated heterocycles. The normalized spacial score (nSPS) is 21.2. The van der Waals surface area contributed by atoms with E-state index in [0.717, 1.165) is 17.7 Å². The maximum Gasteiger partial charge on any atom is 0.160 e. The fourth-order valence-corrected chi connectivity index (χ4v) is 2.36. The third-order valence-electron chi connectivity index (χ3n) is 3.21. The van der Waals surface area contributed by atoms with Crippen LogP contribution in [0.25, 0.3) is 0 Å². The summed E-state index contributed by atoms with van der Waals surface area (Å²) in [5, 5.41) is 10.2. The smallest absolute Gasteiger partial charge is 0.160 e. The number of fused-ring (bicyclic) bond motifs is 1. The number of para-hydroxylation sites is 1. The zero-order valence-corrected chi connectivity index (χ0v) is 9.59. The summed E-state index contributed by atoms with van der Waals surface area (Å²) in [7, 11) is 0. The van der Waals surface area contributed by atoms with Crippen molar-refractivity contribution in [3.05, 3.63) is 29.3 Å². The van der Waals surface area contributed by atoms with E-state index in [1.807, 2.05) is 18.2 Å². The first kappa shape index (κ1) is 11.0. The summed E-state index contributed by atoms with van der Waals surface area (Å²) in [5.41, 5.74) is 2.02. The van der Waals surface area contributed by atoms with Crippen LogP contribution in [0, 0.1) is 0 Å². The second-order valence-electron chi connectivity index (χ2n) is 4.36. The minimum atomic E-state index is -0.592. The van der Waals surface area contributed by atoms with Gasteiger partial charge < -0.3 is 19.3 Å². The quantitative estimate of drug-likeness (QED) is 0.862. The van der Waals surface area contributed by atoms with Gasteiger partial charge >= 0.3 is 0 Å². The van der Waals surface area contributed by atoms with Gasteiger partial charge in [0.1, 0.15) is 5.75 Å². The molecule has 2 heterocycles. The lowest BCUT2D eigenvalue weighted by Gasteiger charge is -2.17. The van der Waals surface area contributed by atoms with E-state index in [1.165, 1.54) is 5.56 Å². The highest BCUT2D eigenvalue weighted by Crippen LogP contribution is 2.35. The van der Waals surface area contributed by atoms with Crippen LogP contribution < -0.4 is 4.74 Å². The van der Waals surface area contributed by atoms with E-state index in [0.29, 0.717) is 26.2 Å². The van der Waals surface area contributed by atoms with Gasteiger partial charge in [-0.2, -0.15) is 0 Å². The summed E-state index contributed by atoms with van der Waals surface area (Å²) < 4.78 is 16.3. The average molecular weight is 236 g/mol. The van der Waals surface area contributed by atoms with Gasteiger partial charge in [-0.15, -0.1) is 0 Å². The molecule has 4 nitrogen and oxygen atoms in total. The van der Waals surface area contributed by atoms with Crippen LogP contribution in [0.2, 0.25) is 0 Å². The molecule has 0 bridgehead atoms. The molecule has 4 heteroatoms. The molecule has 2 aliphatic heterocycles. The van der Waals surface area contributed by atoms with Crippen molar-refractivity contribution < 1.29 is 19.3 Å². The van der Waals surface area contributed by atoms with Gasteiger partial charge in [-0.3, -0.25) is 0 Å². The van der Waals surface area contributed by atoms with Crippen molar-refractivity contribution in [2.45, 2.75) is 25.2 Å². The molecule has 1 unspecified atom stereocenters. The van der Waals surface area contributed by atoms with Crippen LogP contribution in [0.5, 0.6) is 5.75 Å². The predicted octanol–water partition coefficient (Wildman–Crippen LogP) is 1.42. The number of ether oxygens (including phenoxy) is 3. The van der Waals surface area contributed by atoms with Crippen LogP contribution in [0.1, 0.15) is 23.7 Å². The largest absolute Gasteiger partial charge is 0.493 e. The molecule has 0 aromatic heterocycles. The molecule has 1 fully saturated rings. The number of hydrogen-bond donors (Lipinski definition) is 1. The molecule has 1 N–H and O–H groups in total. The lowest BCUT2D eigenvalue weighted by atomic mass is 10.0. The SMILES string of the molecule is OC(CC1OCCO1)c1cccc2c1OCC2. The second-order valence-corrected chi connectivity index (χ2v) is 4.36. The predicted molar refractivity (Wildman–Crippen MR) is 60.9 cm³/mol. The monoisotopic (exact) mass is 236 g/mol. The minimum Gasteiger partial charge on any atom is -0.493 e. The van der Waals surface area contributed by atoms with Gasteiger partial charge in [0.05, 0.1) is 25.9 Å². The third kappa shape index (κ3) is 2.16. The molecule has 17 heavy (non-hydrogen) atoms. The van der Waals surface area contributed by atoms with Gasteiger partial charge in [0.2, 0.25) is 0 Å². The fraction of sp³-hybridized carbons (Fsp3) is 0.538. The molecular formula is C13H16O4. The van der Waals surface area contributed by atoms with Crippen LogP contribution in [-0.4, -0.2) is 31.2 Å². The Bertz CT molecular complexity index is 398. The Morgan fingerprint density at radius 3 is 2.88 bits per heavy atom. The standard InChI is InChI=1S/C13H16O4/c14-11(8-12-15-6-7-16-12)10-3-1-2-9-4-5-17-13(9)10/h1-3,11-12,14H,4-8H2. The molecule has 0 aliphatic carbocycles. The van der Waals surface area contributed by atoms with E-state index >= 15 is 0 Å². The first-order valence-electron chi connectivity index (χ1n) is 6.00. The maximum atomic E-state index is 10.2. The van der Waals surface area contributed by atoms with E-state index in [1.54, 1.807) is 0 Å². The molecule has 0 amide bonds. The van der Waals surface area contributed by atoms with E-state index in [9.17, 15) is 5.11 Å². The van der Waals surface area contributed by atoms with Crippen LogP contribution in [-0.2, 0) is 15.9 Å². The highest BCUT2D eigenvalue weighted by Gasteiger charge is 2.25. The van der Waals surface area contributed by atoms with Gasteiger partial charge in [-0.05, 0) is 5.56 Å². The van der Waals surface area contributed by atoms with Crippen LogP contribution in [0.3, 0.4) is 0 Å². The number of aliphatic hydroxyl groups is 1. The van der Waals surface area contributed by atoms with Crippen LogP contribution in [0.15, 0.2) is 18.2 Å². The van der Waals surface area contributed by atoms with E-state index in [4.69, 9.17) is 14.2 Å². The molecule has 1 aromatic rings.